The lowest BCUT2D eigenvalue weighted by molar-refractivity contribution is -0.384. The summed E-state index contributed by atoms with van der Waals surface area (Å²) in [6, 6.07) is 4.44. The highest BCUT2D eigenvalue weighted by atomic mass is 16.6. The normalized spacial score (nSPS) is 11.4. The summed E-state index contributed by atoms with van der Waals surface area (Å²) >= 11 is 0. The number of nitro groups is 1. The standard InChI is InChI=1S/C13H20N4O4/c1-16(7-3-2-4-8-18)11-6-5-10(13(14)15-19)9-12(11)17(20)21/h5-6,9,18-19H,2-4,7-8H2,1H3,(H2,14,15). The Balaban J connectivity index is 2.93. The quantitative estimate of drug-likeness (QED) is 0.166. The number of hydrogen-bond acceptors (Lipinski definition) is 6. The number of oxime groups is 1. The van der Waals surface area contributed by atoms with Gasteiger partial charge in [0.1, 0.15) is 5.69 Å². The van der Waals surface area contributed by atoms with Crippen molar-refractivity contribution >= 4 is 17.2 Å². The van der Waals surface area contributed by atoms with Crippen LogP contribution in [0.4, 0.5) is 11.4 Å². The van der Waals surface area contributed by atoms with Crippen LogP contribution in [0.2, 0.25) is 0 Å². The second-order valence-electron chi connectivity index (χ2n) is 4.65. The fourth-order valence-corrected chi connectivity index (χ4v) is 1.97. The maximum Gasteiger partial charge on any atom is 0.293 e. The molecule has 0 heterocycles. The monoisotopic (exact) mass is 296 g/mol. The molecule has 0 saturated carbocycles. The fourth-order valence-electron chi connectivity index (χ4n) is 1.97. The minimum atomic E-state index is -0.492. The second kappa shape index (κ2) is 8.05. The number of rotatable bonds is 8. The molecule has 0 aliphatic heterocycles. The summed E-state index contributed by atoms with van der Waals surface area (Å²) in [7, 11) is 1.77. The summed E-state index contributed by atoms with van der Waals surface area (Å²) in [6.07, 6.45) is 2.41. The van der Waals surface area contributed by atoms with E-state index in [9.17, 15) is 10.1 Å². The minimum Gasteiger partial charge on any atom is -0.409 e. The predicted octanol–water partition coefficient (Wildman–Crippen LogP) is 1.29. The van der Waals surface area contributed by atoms with Crippen LogP contribution in [0.5, 0.6) is 0 Å². The van der Waals surface area contributed by atoms with Gasteiger partial charge in [-0.3, -0.25) is 10.1 Å². The SMILES string of the molecule is CN(CCCCCO)c1ccc(/C(N)=N/O)cc1[N+](=O)[O-]. The van der Waals surface area contributed by atoms with Gasteiger partial charge in [0.25, 0.3) is 5.69 Å². The number of unbranched alkanes of at least 4 members (excludes halogenated alkanes) is 2. The average molecular weight is 296 g/mol. The molecule has 8 nitrogen and oxygen atoms in total. The first kappa shape index (κ1) is 16.7. The van der Waals surface area contributed by atoms with Crippen molar-refractivity contribution in [2.75, 3.05) is 25.1 Å². The lowest BCUT2D eigenvalue weighted by atomic mass is 10.1. The molecular formula is C13H20N4O4. The van der Waals surface area contributed by atoms with Gasteiger partial charge in [0.15, 0.2) is 5.84 Å². The van der Waals surface area contributed by atoms with Crippen molar-refractivity contribution in [3.05, 3.63) is 33.9 Å². The molecule has 0 spiro atoms. The Labute approximate surface area is 122 Å². The zero-order valence-corrected chi connectivity index (χ0v) is 11.9. The molecule has 1 rings (SSSR count). The molecule has 0 saturated heterocycles. The molecule has 0 unspecified atom stereocenters. The van der Waals surface area contributed by atoms with E-state index in [-0.39, 0.29) is 18.1 Å². The fraction of sp³-hybridized carbons (Fsp3) is 0.462. The van der Waals surface area contributed by atoms with E-state index in [1.54, 1.807) is 24.1 Å². The van der Waals surface area contributed by atoms with Gasteiger partial charge < -0.3 is 20.9 Å². The van der Waals surface area contributed by atoms with Crippen molar-refractivity contribution in [1.29, 1.82) is 0 Å². The van der Waals surface area contributed by atoms with E-state index in [1.807, 2.05) is 0 Å². The third-order valence-corrected chi connectivity index (χ3v) is 3.14. The van der Waals surface area contributed by atoms with Crippen molar-refractivity contribution in [1.82, 2.24) is 0 Å². The number of anilines is 1. The number of aliphatic hydroxyl groups excluding tert-OH is 1. The van der Waals surface area contributed by atoms with Crippen molar-refractivity contribution in [2.24, 2.45) is 10.9 Å². The first-order valence-electron chi connectivity index (χ1n) is 6.59. The Bertz CT molecular complexity index is 519. The number of hydrogen-bond donors (Lipinski definition) is 3. The average Bonchev–Trinajstić information content (AvgIpc) is 2.49. The lowest BCUT2D eigenvalue weighted by Gasteiger charge is -2.19. The van der Waals surface area contributed by atoms with E-state index < -0.39 is 4.92 Å². The maximum absolute atomic E-state index is 11.2. The smallest absolute Gasteiger partial charge is 0.293 e. The highest BCUT2D eigenvalue weighted by Gasteiger charge is 2.18. The summed E-state index contributed by atoms with van der Waals surface area (Å²) in [5, 5.41) is 31.4. The van der Waals surface area contributed by atoms with Crippen LogP contribution in [0.3, 0.4) is 0 Å². The third-order valence-electron chi connectivity index (χ3n) is 3.14. The molecule has 8 heteroatoms. The van der Waals surface area contributed by atoms with Crippen molar-refractivity contribution in [3.63, 3.8) is 0 Å². The predicted molar refractivity (Wildman–Crippen MR) is 79.8 cm³/mol. The summed E-state index contributed by atoms with van der Waals surface area (Å²) in [5.41, 5.74) is 6.11. The minimum absolute atomic E-state index is 0.0937. The molecule has 0 aliphatic rings. The Morgan fingerprint density at radius 2 is 2.14 bits per heavy atom. The molecular weight excluding hydrogens is 276 g/mol. The Kier molecular flexibility index (Phi) is 6.41. The molecule has 1 aromatic rings. The third kappa shape index (κ3) is 4.60. The van der Waals surface area contributed by atoms with Crippen molar-refractivity contribution in [2.45, 2.75) is 19.3 Å². The Morgan fingerprint density at radius 3 is 2.71 bits per heavy atom. The number of benzene rings is 1. The summed E-state index contributed by atoms with van der Waals surface area (Å²) in [6.45, 7) is 0.794. The topological polar surface area (TPSA) is 125 Å². The van der Waals surface area contributed by atoms with Crippen LogP contribution in [-0.2, 0) is 0 Å². The number of nitro benzene ring substituents is 1. The molecule has 4 N–H and O–H groups in total. The molecule has 0 aliphatic carbocycles. The molecule has 0 amide bonds. The van der Waals surface area contributed by atoms with Crippen LogP contribution in [0.25, 0.3) is 0 Å². The first-order chi connectivity index (χ1) is 10.0. The summed E-state index contributed by atoms with van der Waals surface area (Å²) < 4.78 is 0. The van der Waals surface area contributed by atoms with Gasteiger partial charge >= 0.3 is 0 Å². The summed E-state index contributed by atoms with van der Waals surface area (Å²) in [5.74, 6) is -0.171. The van der Waals surface area contributed by atoms with Gasteiger partial charge in [0, 0.05) is 31.8 Å². The van der Waals surface area contributed by atoms with E-state index in [0.717, 1.165) is 19.3 Å². The van der Waals surface area contributed by atoms with E-state index in [4.69, 9.17) is 16.0 Å². The lowest BCUT2D eigenvalue weighted by Crippen LogP contribution is -2.20. The highest BCUT2D eigenvalue weighted by molar-refractivity contribution is 5.98. The van der Waals surface area contributed by atoms with Crippen LogP contribution >= 0.6 is 0 Å². The maximum atomic E-state index is 11.2. The van der Waals surface area contributed by atoms with Crippen LogP contribution in [0, 0.1) is 10.1 Å². The molecule has 0 bridgehead atoms. The molecule has 21 heavy (non-hydrogen) atoms. The highest BCUT2D eigenvalue weighted by Crippen LogP contribution is 2.28. The van der Waals surface area contributed by atoms with Gasteiger partial charge in [0.2, 0.25) is 0 Å². The van der Waals surface area contributed by atoms with Crippen molar-refractivity contribution in [3.8, 4) is 0 Å². The van der Waals surface area contributed by atoms with Crippen LogP contribution in [0.1, 0.15) is 24.8 Å². The molecule has 1 aromatic carbocycles. The number of aliphatic hydroxyl groups is 1. The van der Waals surface area contributed by atoms with E-state index in [1.165, 1.54) is 6.07 Å². The van der Waals surface area contributed by atoms with Gasteiger partial charge in [-0.05, 0) is 31.4 Å². The molecule has 116 valence electrons. The van der Waals surface area contributed by atoms with Gasteiger partial charge in [0.05, 0.1) is 4.92 Å². The Morgan fingerprint density at radius 1 is 1.43 bits per heavy atom. The molecule has 0 fully saturated rings. The van der Waals surface area contributed by atoms with E-state index >= 15 is 0 Å². The first-order valence-corrected chi connectivity index (χ1v) is 6.59. The Hall–Kier alpha value is -2.35. The van der Waals surface area contributed by atoms with Crippen LogP contribution in [0.15, 0.2) is 23.4 Å². The van der Waals surface area contributed by atoms with Crippen molar-refractivity contribution < 1.29 is 15.2 Å². The zero-order chi connectivity index (χ0) is 15.8. The van der Waals surface area contributed by atoms with Crippen LogP contribution in [-0.4, -0.2) is 41.3 Å². The molecule has 0 atom stereocenters. The largest absolute Gasteiger partial charge is 0.409 e. The van der Waals surface area contributed by atoms with E-state index in [2.05, 4.69) is 5.16 Å². The number of nitrogens with two attached hydrogens (primary N) is 1. The van der Waals surface area contributed by atoms with Crippen LogP contribution < -0.4 is 10.6 Å². The molecule has 0 aromatic heterocycles. The van der Waals surface area contributed by atoms with Gasteiger partial charge in [-0.25, -0.2) is 0 Å². The number of nitrogens with zero attached hydrogens (tertiary/aromatic N) is 3. The summed E-state index contributed by atoms with van der Waals surface area (Å²) in [4.78, 5) is 12.5. The second-order valence-corrected chi connectivity index (χ2v) is 4.65. The molecule has 0 radical (unpaired) electrons. The number of amidine groups is 1. The van der Waals surface area contributed by atoms with Gasteiger partial charge in [-0.2, -0.15) is 0 Å². The zero-order valence-electron chi connectivity index (χ0n) is 11.9. The van der Waals surface area contributed by atoms with Gasteiger partial charge in [-0.1, -0.05) is 5.16 Å². The van der Waals surface area contributed by atoms with E-state index in [0.29, 0.717) is 17.8 Å². The van der Waals surface area contributed by atoms with Gasteiger partial charge in [-0.15, -0.1) is 0 Å².